The first-order chi connectivity index (χ1) is 11.9. The van der Waals surface area contributed by atoms with Crippen molar-refractivity contribution in [3.8, 4) is 0 Å². The Morgan fingerprint density at radius 3 is 1.08 bits per heavy atom. The van der Waals surface area contributed by atoms with Crippen molar-refractivity contribution in [1.29, 1.82) is 0 Å². The molecule has 0 bridgehead atoms. The van der Waals surface area contributed by atoms with E-state index in [0.717, 1.165) is 0 Å². The number of hydrazine groups is 2. The predicted molar refractivity (Wildman–Crippen MR) is 116 cm³/mol. The first-order valence-electron chi connectivity index (χ1n) is 8.00. The molecule has 0 aliphatic heterocycles. The third kappa shape index (κ3) is 8.08. The molecule has 148 valence electrons. The van der Waals surface area contributed by atoms with Crippen LogP contribution in [0, 0.1) is 0 Å². The third-order valence-corrected chi connectivity index (χ3v) is 5.24. The van der Waals surface area contributed by atoms with Gasteiger partial charge in [-0.1, -0.05) is 36.5 Å². The summed E-state index contributed by atoms with van der Waals surface area (Å²) in [5, 5.41) is 3.53. The standard InChI is InChI=1S/C18H32N4O2P.ClH/c1-7-13-19(14-8-2)22(20(15-9-3)16-10-4)25(23,24)21(17-11-5)18-12-6;/h7-12,23-24H,1-6,13-18H2;1H/q+1;. The largest absolute Gasteiger partial charge is 0.462 e. The molecule has 0 saturated heterocycles. The van der Waals surface area contributed by atoms with Gasteiger partial charge in [0.25, 0.3) is 0 Å². The Labute approximate surface area is 165 Å². The topological polar surface area (TPSA) is 53.4 Å². The number of hydrogen-bond acceptors (Lipinski definition) is 6. The molecule has 0 amide bonds. The van der Waals surface area contributed by atoms with Crippen LogP contribution in [0.25, 0.3) is 0 Å². The molecule has 0 unspecified atom stereocenters. The first kappa shape index (κ1) is 27.1. The van der Waals surface area contributed by atoms with Crippen molar-refractivity contribution in [2.75, 3.05) is 39.3 Å². The van der Waals surface area contributed by atoms with Crippen LogP contribution in [0.1, 0.15) is 0 Å². The van der Waals surface area contributed by atoms with Crippen LogP contribution in [0.2, 0.25) is 0 Å². The lowest BCUT2D eigenvalue weighted by molar-refractivity contribution is -0.110. The molecule has 8 heteroatoms. The Morgan fingerprint density at radius 1 is 0.577 bits per heavy atom. The number of nitrogens with zero attached hydrogens (tertiary/aromatic N) is 4. The van der Waals surface area contributed by atoms with Crippen molar-refractivity contribution < 1.29 is 9.79 Å². The second-order valence-electron chi connectivity index (χ2n) is 5.15. The molecule has 0 aliphatic rings. The van der Waals surface area contributed by atoms with Crippen molar-refractivity contribution in [2.24, 2.45) is 0 Å². The normalized spacial score (nSPS) is 11.3. The average molecular weight is 404 g/mol. The molecule has 6 nitrogen and oxygen atoms in total. The Kier molecular flexibility index (Phi) is 15.7. The summed E-state index contributed by atoms with van der Waals surface area (Å²) in [6.45, 7) is 24.7. The molecule has 26 heavy (non-hydrogen) atoms. The van der Waals surface area contributed by atoms with Gasteiger partial charge in [0, 0.05) is 31.1 Å². The minimum absolute atomic E-state index is 0. The molecule has 0 saturated carbocycles. The summed E-state index contributed by atoms with van der Waals surface area (Å²) in [5.41, 5.74) is 0. The summed E-state index contributed by atoms with van der Waals surface area (Å²) in [7, 11) is -3.74. The van der Waals surface area contributed by atoms with Crippen LogP contribution in [-0.2, 0) is 0 Å². The molecule has 0 rings (SSSR count). The molecule has 0 aliphatic carbocycles. The SMILES string of the molecule is C=CCN(CC=C)N(N(CC=C)CC=C)[P+](O)(O)N(CC=C)CC=C.Cl. The second-order valence-corrected chi connectivity index (χ2v) is 7.15. The Hall–Kier alpha value is -1.08. The van der Waals surface area contributed by atoms with Crippen molar-refractivity contribution in [3.63, 3.8) is 0 Å². The van der Waals surface area contributed by atoms with Gasteiger partial charge in [0.1, 0.15) is 0 Å². The third-order valence-electron chi connectivity index (χ3n) is 3.16. The van der Waals surface area contributed by atoms with E-state index in [1.807, 2.05) is 0 Å². The van der Waals surface area contributed by atoms with E-state index in [9.17, 15) is 9.79 Å². The fourth-order valence-electron chi connectivity index (χ4n) is 2.26. The fourth-order valence-corrected chi connectivity index (χ4v) is 4.13. The van der Waals surface area contributed by atoms with E-state index >= 15 is 0 Å². The molecule has 0 heterocycles. The van der Waals surface area contributed by atoms with Crippen LogP contribution in [0.4, 0.5) is 0 Å². The fraction of sp³-hybridized carbons (Fsp3) is 0.333. The highest BCUT2D eigenvalue weighted by Gasteiger charge is 2.54. The van der Waals surface area contributed by atoms with Crippen molar-refractivity contribution in [1.82, 2.24) is 19.6 Å². The molecule has 0 atom stereocenters. The van der Waals surface area contributed by atoms with Crippen molar-refractivity contribution in [2.45, 2.75) is 0 Å². The van der Waals surface area contributed by atoms with E-state index in [-0.39, 0.29) is 12.4 Å². The van der Waals surface area contributed by atoms with E-state index in [4.69, 9.17) is 0 Å². The minimum Gasteiger partial charge on any atom is -0.185 e. The molecule has 0 aromatic carbocycles. The molecule has 0 fully saturated rings. The van der Waals surface area contributed by atoms with Gasteiger partial charge in [-0.15, -0.1) is 56.6 Å². The summed E-state index contributed by atoms with van der Waals surface area (Å²) >= 11 is 0. The zero-order valence-corrected chi connectivity index (χ0v) is 17.2. The Morgan fingerprint density at radius 2 is 0.846 bits per heavy atom. The maximum atomic E-state index is 11.1. The van der Waals surface area contributed by atoms with Crippen molar-refractivity contribution >= 4 is 20.4 Å². The Bertz CT molecular complexity index is 420. The van der Waals surface area contributed by atoms with E-state index in [1.165, 1.54) is 9.56 Å². The van der Waals surface area contributed by atoms with Gasteiger partial charge in [-0.25, -0.2) is 0 Å². The van der Waals surface area contributed by atoms with Gasteiger partial charge in [-0.05, 0) is 0 Å². The van der Waals surface area contributed by atoms with Crippen LogP contribution in [-0.4, -0.2) is 68.6 Å². The van der Waals surface area contributed by atoms with Gasteiger partial charge in [0.2, 0.25) is 0 Å². The molecular formula is C18H33ClN4O2P+. The summed E-state index contributed by atoms with van der Waals surface area (Å²) in [6, 6.07) is 0. The van der Waals surface area contributed by atoms with Gasteiger partial charge in [0.15, 0.2) is 0 Å². The monoisotopic (exact) mass is 403 g/mol. The zero-order valence-electron chi connectivity index (χ0n) is 15.5. The summed E-state index contributed by atoms with van der Waals surface area (Å²) in [5.74, 6) is 0. The van der Waals surface area contributed by atoms with E-state index < -0.39 is 8.02 Å². The molecular weight excluding hydrogens is 371 g/mol. The van der Waals surface area contributed by atoms with E-state index in [1.54, 1.807) is 46.5 Å². The second kappa shape index (κ2) is 15.0. The van der Waals surface area contributed by atoms with Gasteiger partial charge in [0.05, 0.1) is 13.1 Å². The maximum absolute atomic E-state index is 11.1. The smallest absolute Gasteiger partial charge is 0.185 e. The lowest BCUT2D eigenvalue weighted by Crippen LogP contribution is -2.55. The van der Waals surface area contributed by atoms with Crippen LogP contribution in [0.3, 0.4) is 0 Å². The van der Waals surface area contributed by atoms with Crippen LogP contribution in [0.5, 0.6) is 0 Å². The van der Waals surface area contributed by atoms with Crippen LogP contribution >= 0.6 is 20.4 Å². The number of halogens is 1. The van der Waals surface area contributed by atoms with Gasteiger partial charge >= 0.3 is 8.02 Å². The van der Waals surface area contributed by atoms with Crippen LogP contribution in [0.15, 0.2) is 75.9 Å². The zero-order chi connectivity index (χ0) is 19.3. The summed E-state index contributed by atoms with van der Waals surface area (Å²) < 4.78 is 1.53. The quantitative estimate of drug-likeness (QED) is 0.234. The predicted octanol–water partition coefficient (Wildman–Crippen LogP) is 3.22. The molecule has 0 aromatic rings. The Balaban J connectivity index is 0. The van der Waals surface area contributed by atoms with Gasteiger partial charge in [-0.2, -0.15) is 19.8 Å². The van der Waals surface area contributed by atoms with Crippen molar-refractivity contribution in [3.05, 3.63) is 75.9 Å². The maximum Gasteiger partial charge on any atom is 0.462 e. The molecule has 0 spiro atoms. The average Bonchev–Trinajstić information content (AvgIpc) is 2.55. The minimum atomic E-state index is -3.74. The van der Waals surface area contributed by atoms with Crippen LogP contribution < -0.4 is 0 Å². The summed E-state index contributed by atoms with van der Waals surface area (Å²) in [4.78, 5) is 23.8. The molecule has 0 aromatic heterocycles. The highest BCUT2D eigenvalue weighted by molar-refractivity contribution is 7.59. The van der Waals surface area contributed by atoms with Gasteiger partial charge in [-0.3, -0.25) is 0 Å². The summed E-state index contributed by atoms with van der Waals surface area (Å²) in [6.07, 6.45) is 10.0. The van der Waals surface area contributed by atoms with Gasteiger partial charge < -0.3 is 0 Å². The first-order valence-corrected chi connectivity index (χ1v) is 9.60. The lowest BCUT2D eigenvalue weighted by Gasteiger charge is -2.41. The highest BCUT2D eigenvalue weighted by Crippen LogP contribution is 2.58. The highest BCUT2D eigenvalue weighted by atomic mass is 35.5. The molecule has 0 radical (unpaired) electrons. The van der Waals surface area contributed by atoms with E-state index in [0.29, 0.717) is 39.3 Å². The van der Waals surface area contributed by atoms with E-state index in [2.05, 4.69) is 39.5 Å². The number of rotatable bonds is 16. The lowest BCUT2D eigenvalue weighted by atomic mass is 10.5. The molecule has 2 N–H and O–H groups in total. The number of hydrogen-bond donors (Lipinski definition) is 2.